The van der Waals surface area contributed by atoms with Crippen LogP contribution in [0.2, 0.25) is 0 Å². The number of hydrogen-bond acceptors (Lipinski definition) is 4. The number of aryl methyl sites for hydroxylation is 1. The Morgan fingerprint density at radius 1 is 1.69 bits per heavy atom. The third-order valence-electron chi connectivity index (χ3n) is 1.94. The van der Waals surface area contributed by atoms with Crippen molar-refractivity contribution in [1.29, 1.82) is 0 Å². The molecule has 0 amide bonds. The normalized spacial score (nSPS) is 13.2. The minimum absolute atomic E-state index is 0.155. The fourth-order valence-corrected chi connectivity index (χ4v) is 1.06. The first-order valence-corrected chi connectivity index (χ1v) is 4.45. The van der Waals surface area contributed by atoms with Crippen molar-refractivity contribution >= 4 is 0 Å². The summed E-state index contributed by atoms with van der Waals surface area (Å²) in [4.78, 5) is 0. The quantitative estimate of drug-likeness (QED) is 0.658. The van der Waals surface area contributed by atoms with Crippen molar-refractivity contribution in [2.75, 3.05) is 6.61 Å². The van der Waals surface area contributed by atoms with Crippen LogP contribution in [0.4, 0.5) is 0 Å². The van der Waals surface area contributed by atoms with Crippen LogP contribution < -0.4 is 5.32 Å². The molecule has 0 unspecified atom stereocenters. The van der Waals surface area contributed by atoms with Crippen molar-refractivity contribution in [2.24, 2.45) is 7.05 Å². The number of rotatable bonds is 5. The van der Waals surface area contributed by atoms with E-state index in [1.165, 1.54) is 0 Å². The molecule has 0 spiro atoms. The van der Waals surface area contributed by atoms with Crippen molar-refractivity contribution in [2.45, 2.75) is 25.9 Å². The highest BCUT2D eigenvalue weighted by atomic mass is 16.3. The summed E-state index contributed by atoms with van der Waals surface area (Å²) in [6, 6.07) is 0.155. The molecule has 1 aromatic heterocycles. The minimum Gasteiger partial charge on any atom is -0.395 e. The average molecular weight is 184 g/mol. The molecule has 74 valence electrons. The minimum atomic E-state index is 0.155. The smallest absolute Gasteiger partial charge is 0.0964 e. The topological polar surface area (TPSA) is 63.0 Å². The van der Waals surface area contributed by atoms with Gasteiger partial charge < -0.3 is 10.4 Å². The van der Waals surface area contributed by atoms with Gasteiger partial charge in [-0.3, -0.25) is 4.68 Å². The zero-order valence-corrected chi connectivity index (χ0v) is 8.06. The molecular formula is C8H16N4O. The van der Waals surface area contributed by atoms with Gasteiger partial charge >= 0.3 is 0 Å². The van der Waals surface area contributed by atoms with Gasteiger partial charge in [0.25, 0.3) is 0 Å². The summed E-state index contributed by atoms with van der Waals surface area (Å²) in [6.45, 7) is 2.86. The summed E-state index contributed by atoms with van der Waals surface area (Å²) in [5, 5.41) is 19.8. The van der Waals surface area contributed by atoms with Gasteiger partial charge in [-0.25, -0.2) is 0 Å². The highest BCUT2D eigenvalue weighted by molar-refractivity contribution is 4.91. The van der Waals surface area contributed by atoms with Crippen LogP contribution in [0.1, 0.15) is 19.0 Å². The van der Waals surface area contributed by atoms with Crippen molar-refractivity contribution < 1.29 is 5.11 Å². The van der Waals surface area contributed by atoms with Crippen LogP contribution in [0.15, 0.2) is 6.20 Å². The molecular weight excluding hydrogens is 168 g/mol. The summed E-state index contributed by atoms with van der Waals surface area (Å²) in [5.74, 6) is 0. The van der Waals surface area contributed by atoms with E-state index in [0.29, 0.717) is 6.54 Å². The van der Waals surface area contributed by atoms with E-state index >= 15 is 0 Å². The Labute approximate surface area is 77.8 Å². The van der Waals surface area contributed by atoms with Crippen LogP contribution in [0.25, 0.3) is 0 Å². The van der Waals surface area contributed by atoms with Crippen LogP contribution in [0.5, 0.6) is 0 Å². The third kappa shape index (κ3) is 3.12. The number of aliphatic hydroxyl groups is 1. The third-order valence-corrected chi connectivity index (χ3v) is 1.94. The monoisotopic (exact) mass is 184 g/mol. The van der Waals surface area contributed by atoms with E-state index < -0.39 is 0 Å². The molecule has 1 atom stereocenters. The zero-order valence-electron chi connectivity index (χ0n) is 8.06. The second-order valence-corrected chi connectivity index (χ2v) is 3.05. The molecule has 0 radical (unpaired) electrons. The summed E-state index contributed by atoms with van der Waals surface area (Å²) in [5.41, 5.74) is 0.898. The lowest BCUT2D eigenvalue weighted by Crippen LogP contribution is -2.31. The van der Waals surface area contributed by atoms with Crippen LogP contribution >= 0.6 is 0 Å². The van der Waals surface area contributed by atoms with Crippen molar-refractivity contribution in [1.82, 2.24) is 20.3 Å². The molecule has 5 heteroatoms. The molecule has 0 aliphatic rings. The molecule has 0 fully saturated rings. The molecule has 1 aromatic rings. The van der Waals surface area contributed by atoms with E-state index in [9.17, 15) is 0 Å². The molecule has 2 N–H and O–H groups in total. The largest absolute Gasteiger partial charge is 0.395 e. The maximum Gasteiger partial charge on any atom is 0.0964 e. The molecule has 0 aliphatic carbocycles. The Morgan fingerprint density at radius 2 is 2.46 bits per heavy atom. The van der Waals surface area contributed by atoms with E-state index in [1.54, 1.807) is 4.68 Å². The maximum absolute atomic E-state index is 8.91. The summed E-state index contributed by atoms with van der Waals surface area (Å²) >= 11 is 0. The summed E-state index contributed by atoms with van der Waals surface area (Å²) < 4.78 is 1.66. The highest BCUT2D eigenvalue weighted by Crippen LogP contribution is 1.94. The molecule has 5 nitrogen and oxygen atoms in total. The van der Waals surface area contributed by atoms with E-state index in [0.717, 1.165) is 12.1 Å². The Hall–Kier alpha value is -0.940. The Bertz CT molecular complexity index is 244. The van der Waals surface area contributed by atoms with E-state index in [1.807, 2.05) is 20.2 Å². The maximum atomic E-state index is 8.91. The van der Waals surface area contributed by atoms with E-state index in [-0.39, 0.29) is 12.6 Å². The van der Waals surface area contributed by atoms with Crippen LogP contribution in [0.3, 0.4) is 0 Å². The summed E-state index contributed by atoms with van der Waals surface area (Å²) in [7, 11) is 1.83. The SMILES string of the molecule is CC[C@H](CO)NCc1cn(C)nn1. The van der Waals surface area contributed by atoms with Gasteiger partial charge in [-0.1, -0.05) is 12.1 Å². The van der Waals surface area contributed by atoms with Crippen molar-refractivity contribution in [3.63, 3.8) is 0 Å². The van der Waals surface area contributed by atoms with Gasteiger partial charge in [-0.2, -0.15) is 0 Å². The molecule has 0 bridgehead atoms. The summed E-state index contributed by atoms with van der Waals surface area (Å²) in [6.07, 6.45) is 2.77. The first-order valence-electron chi connectivity index (χ1n) is 4.45. The van der Waals surface area contributed by atoms with Gasteiger partial charge in [0.1, 0.15) is 0 Å². The van der Waals surface area contributed by atoms with Crippen LogP contribution in [0, 0.1) is 0 Å². The molecule has 0 aromatic carbocycles. The van der Waals surface area contributed by atoms with E-state index in [4.69, 9.17) is 5.11 Å². The molecule has 1 heterocycles. The molecule has 1 rings (SSSR count). The molecule has 13 heavy (non-hydrogen) atoms. The van der Waals surface area contributed by atoms with Gasteiger partial charge in [-0.05, 0) is 6.42 Å². The Balaban J connectivity index is 2.33. The van der Waals surface area contributed by atoms with Crippen molar-refractivity contribution in [3.05, 3.63) is 11.9 Å². The second-order valence-electron chi connectivity index (χ2n) is 3.05. The van der Waals surface area contributed by atoms with E-state index in [2.05, 4.69) is 15.6 Å². The van der Waals surface area contributed by atoms with Gasteiger partial charge in [-0.15, -0.1) is 5.10 Å². The molecule has 0 saturated carbocycles. The van der Waals surface area contributed by atoms with Gasteiger partial charge in [0.15, 0.2) is 0 Å². The number of hydrogen-bond donors (Lipinski definition) is 2. The van der Waals surface area contributed by atoms with Crippen LogP contribution in [-0.4, -0.2) is 32.7 Å². The standard InChI is InChI=1S/C8H16N4O/c1-3-7(6-13)9-4-8-5-12(2)11-10-8/h5,7,9,13H,3-4,6H2,1-2H3/t7-/m1/s1. The number of nitrogens with zero attached hydrogens (tertiary/aromatic N) is 3. The first kappa shape index (κ1) is 10.1. The molecule has 0 aliphatic heterocycles. The van der Waals surface area contributed by atoms with Gasteiger partial charge in [0.2, 0.25) is 0 Å². The lowest BCUT2D eigenvalue weighted by Gasteiger charge is -2.11. The van der Waals surface area contributed by atoms with Gasteiger partial charge in [0.05, 0.1) is 12.3 Å². The van der Waals surface area contributed by atoms with Gasteiger partial charge in [0, 0.05) is 25.8 Å². The second kappa shape index (κ2) is 4.94. The lowest BCUT2D eigenvalue weighted by atomic mass is 10.2. The highest BCUT2D eigenvalue weighted by Gasteiger charge is 2.04. The van der Waals surface area contributed by atoms with Crippen LogP contribution in [-0.2, 0) is 13.6 Å². The van der Waals surface area contributed by atoms with Crippen molar-refractivity contribution in [3.8, 4) is 0 Å². The number of aromatic nitrogens is 3. The lowest BCUT2D eigenvalue weighted by molar-refractivity contribution is 0.238. The predicted molar refractivity (Wildman–Crippen MR) is 49.0 cm³/mol. The number of aliphatic hydroxyl groups excluding tert-OH is 1. The number of nitrogens with one attached hydrogen (secondary N) is 1. The molecule has 0 saturated heterocycles. The fourth-order valence-electron chi connectivity index (χ4n) is 1.06. The zero-order chi connectivity index (χ0) is 9.68. The average Bonchev–Trinajstić information content (AvgIpc) is 2.53. The first-order chi connectivity index (χ1) is 6.26. The predicted octanol–water partition coefficient (Wildman–Crippen LogP) is -0.324. The Kier molecular flexibility index (Phi) is 3.85. The Morgan fingerprint density at radius 3 is 2.92 bits per heavy atom. The fraction of sp³-hybridized carbons (Fsp3) is 0.750.